The largest absolute Gasteiger partial charge is 0.396 e. The van der Waals surface area contributed by atoms with Gasteiger partial charge in [-0.25, -0.2) is 13.1 Å². The molecule has 0 aliphatic carbocycles. The van der Waals surface area contributed by atoms with Gasteiger partial charge in [-0.2, -0.15) is 0 Å². The van der Waals surface area contributed by atoms with Gasteiger partial charge in [0.1, 0.15) is 0 Å². The highest BCUT2D eigenvalue weighted by molar-refractivity contribution is 7.89. The van der Waals surface area contributed by atoms with Crippen LogP contribution in [-0.2, 0) is 10.0 Å². The quantitative estimate of drug-likeness (QED) is 0.744. The first-order chi connectivity index (χ1) is 8.47. The Hall–Kier alpha value is -0.910. The first-order valence-corrected chi connectivity index (χ1v) is 7.66. The first kappa shape index (κ1) is 15.1. The van der Waals surface area contributed by atoms with E-state index < -0.39 is 10.0 Å². The van der Waals surface area contributed by atoms with Gasteiger partial charge in [0, 0.05) is 13.2 Å². The van der Waals surface area contributed by atoms with Crippen LogP contribution >= 0.6 is 0 Å². The lowest BCUT2D eigenvalue weighted by Gasteiger charge is -2.09. The Morgan fingerprint density at radius 3 is 2.28 bits per heavy atom. The molecule has 0 saturated heterocycles. The molecule has 0 atom stereocenters. The van der Waals surface area contributed by atoms with E-state index in [-0.39, 0.29) is 11.5 Å². The number of benzene rings is 1. The lowest BCUT2D eigenvalue weighted by atomic mass is 10.0. The molecule has 0 aliphatic rings. The predicted octanol–water partition coefficient (Wildman–Crippen LogP) is 1.86. The van der Waals surface area contributed by atoms with Crippen LogP contribution in [0.2, 0.25) is 0 Å². The normalized spacial score (nSPS) is 12.0. The number of aliphatic hydroxyl groups is 1. The van der Waals surface area contributed by atoms with Crippen molar-refractivity contribution < 1.29 is 13.5 Å². The third-order valence-corrected chi connectivity index (χ3v) is 4.21. The zero-order chi connectivity index (χ0) is 13.6. The second kappa shape index (κ2) is 6.87. The fourth-order valence-corrected chi connectivity index (χ4v) is 2.63. The molecule has 0 aliphatic heterocycles. The van der Waals surface area contributed by atoms with Crippen molar-refractivity contribution in [1.82, 2.24) is 4.72 Å². The van der Waals surface area contributed by atoms with Crippen LogP contribution in [0.4, 0.5) is 0 Å². The van der Waals surface area contributed by atoms with E-state index in [0.717, 1.165) is 5.56 Å². The van der Waals surface area contributed by atoms with Gasteiger partial charge in [-0.15, -0.1) is 0 Å². The van der Waals surface area contributed by atoms with Crippen molar-refractivity contribution in [3.05, 3.63) is 29.8 Å². The monoisotopic (exact) mass is 271 g/mol. The van der Waals surface area contributed by atoms with Crippen molar-refractivity contribution in [2.45, 2.75) is 37.5 Å². The molecule has 0 saturated carbocycles. The summed E-state index contributed by atoms with van der Waals surface area (Å²) < 4.78 is 26.3. The van der Waals surface area contributed by atoms with Crippen LogP contribution in [0, 0.1) is 0 Å². The smallest absolute Gasteiger partial charge is 0.240 e. The minimum absolute atomic E-state index is 0.0881. The standard InChI is InChI=1S/C13H21NO3S/c1-11(2)12-5-7-13(8-6-12)18(16,17)14-9-3-4-10-15/h5-8,11,14-15H,3-4,9-10H2,1-2H3. The molecule has 4 nitrogen and oxygen atoms in total. The summed E-state index contributed by atoms with van der Waals surface area (Å²) in [6, 6.07) is 6.94. The third kappa shape index (κ3) is 4.40. The lowest BCUT2D eigenvalue weighted by molar-refractivity contribution is 0.285. The molecule has 1 aromatic rings. The van der Waals surface area contributed by atoms with Crippen LogP contribution in [0.15, 0.2) is 29.2 Å². The average Bonchev–Trinajstić information content (AvgIpc) is 2.35. The molecule has 1 rings (SSSR count). The molecule has 0 unspecified atom stereocenters. The zero-order valence-electron chi connectivity index (χ0n) is 10.9. The molecular formula is C13H21NO3S. The molecule has 0 spiro atoms. The minimum atomic E-state index is -3.41. The van der Waals surface area contributed by atoms with Gasteiger partial charge in [0.05, 0.1) is 4.90 Å². The van der Waals surface area contributed by atoms with Gasteiger partial charge in [0.25, 0.3) is 0 Å². The van der Waals surface area contributed by atoms with E-state index in [4.69, 9.17) is 5.11 Å². The van der Waals surface area contributed by atoms with Crippen LogP contribution in [0.3, 0.4) is 0 Å². The number of aliphatic hydroxyl groups excluding tert-OH is 1. The van der Waals surface area contributed by atoms with Crippen LogP contribution in [0.1, 0.15) is 38.2 Å². The van der Waals surface area contributed by atoms with E-state index in [1.807, 2.05) is 12.1 Å². The summed E-state index contributed by atoms with van der Waals surface area (Å²) in [5.41, 5.74) is 1.12. The maximum absolute atomic E-state index is 11.9. The number of hydrogen-bond acceptors (Lipinski definition) is 3. The molecule has 0 bridgehead atoms. The highest BCUT2D eigenvalue weighted by atomic mass is 32.2. The van der Waals surface area contributed by atoms with Crippen LogP contribution in [0.5, 0.6) is 0 Å². The number of nitrogens with one attached hydrogen (secondary N) is 1. The van der Waals surface area contributed by atoms with Gasteiger partial charge in [-0.3, -0.25) is 0 Å². The lowest BCUT2D eigenvalue weighted by Crippen LogP contribution is -2.24. The summed E-state index contributed by atoms with van der Waals surface area (Å²) in [6.45, 7) is 4.58. The summed E-state index contributed by atoms with van der Waals surface area (Å²) in [5.74, 6) is 0.388. The number of rotatable bonds is 7. The highest BCUT2D eigenvalue weighted by Crippen LogP contribution is 2.17. The topological polar surface area (TPSA) is 66.4 Å². The third-order valence-electron chi connectivity index (χ3n) is 2.73. The van der Waals surface area contributed by atoms with Crippen molar-refractivity contribution >= 4 is 10.0 Å². The van der Waals surface area contributed by atoms with E-state index >= 15 is 0 Å². The van der Waals surface area contributed by atoms with Gasteiger partial charge in [-0.05, 0) is 36.5 Å². The van der Waals surface area contributed by atoms with E-state index in [1.165, 1.54) is 0 Å². The van der Waals surface area contributed by atoms with Gasteiger partial charge in [0.15, 0.2) is 0 Å². The van der Waals surface area contributed by atoms with Gasteiger partial charge >= 0.3 is 0 Å². The Bertz CT molecular complexity index is 452. The molecule has 2 N–H and O–H groups in total. The van der Waals surface area contributed by atoms with E-state index in [9.17, 15) is 8.42 Å². The maximum atomic E-state index is 11.9. The average molecular weight is 271 g/mol. The molecule has 5 heteroatoms. The van der Waals surface area contributed by atoms with Crippen LogP contribution in [-0.4, -0.2) is 26.7 Å². The van der Waals surface area contributed by atoms with Crippen molar-refractivity contribution in [2.75, 3.05) is 13.2 Å². The van der Waals surface area contributed by atoms with Gasteiger partial charge in [-0.1, -0.05) is 26.0 Å². The van der Waals surface area contributed by atoms with E-state index in [1.54, 1.807) is 12.1 Å². The molecule has 0 radical (unpaired) electrons. The predicted molar refractivity (Wildman–Crippen MR) is 72.0 cm³/mol. The second-order valence-corrected chi connectivity index (χ2v) is 6.32. The Labute approximate surface area is 109 Å². The Morgan fingerprint density at radius 2 is 1.78 bits per heavy atom. The Balaban J connectivity index is 2.67. The van der Waals surface area contributed by atoms with Gasteiger partial charge in [0.2, 0.25) is 10.0 Å². The number of hydrogen-bond donors (Lipinski definition) is 2. The Kier molecular flexibility index (Phi) is 5.78. The van der Waals surface area contributed by atoms with E-state index in [0.29, 0.717) is 25.3 Å². The first-order valence-electron chi connectivity index (χ1n) is 6.18. The van der Waals surface area contributed by atoms with Crippen LogP contribution < -0.4 is 4.72 Å². The highest BCUT2D eigenvalue weighted by Gasteiger charge is 2.13. The summed E-state index contributed by atoms with van der Waals surface area (Å²) in [7, 11) is -3.41. The molecular weight excluding hydrogens is 250 g/mol. The zero-order valence-corrected chi connectivity index (χ0v) is 11.7. The molecule has 18 heavy (non-hydrogen) atoms. The summed E-state index contributed by atoms with van der Waals surface area (Å²) >= 11 is 0. The SMILES string of the molecule is CC(C)c1ccc(S(=O)(=O)NCCCCO)cc1. The minimum Gasteiger partial charge on any atom is -0.396 e. The second-order valence-electron chi connectivity index (χ2n) is 4.55. The van der Waals surface area contributed by atoms with Crippen molar-refractivity contribution in [3.8, 4) is 0 Å². The van der Waals surface area contributed by atoms with Gasteiger partial charge < -0.3 is 5.11 Å². The number of sulfonamides is 1. The summed E-state index contributed by atoms with van der Waals surface area (Å²) in [5, 5.41) is 8.62. The molecule has 0 amide bonds. The van der Waals surface area contributed by atoms with Crippen molar-refractivity contribution in [1.29, 1.82) is 0 Å². The van der Waals surface area contributed by atoms with Crippen molar-refractivity contribution in [2.24, 2.45) is 0 Å². The van der Waals surface area contributed by atoms with Crippen LogP contribution in [0.25, 0.3) is 0 Å². The van der Waals surface area contributed by atoms with E-state index in [2.05, 4.69) is 18.6 Å². The molecule has 0 aromatic heterocycles. The molecule has 0 heterocycles. The molecule has 0 fully saturated rings. The summed E-state index contributed by atoms with van der Waals surface area (Å²) in [4.78, 5) is 0.288. The van der Waals surface area contributed by atoms with Crippen molar-refractivity contribution in [3.63, 3.8) is 0 Å². The summed E-state index contributed by atoms with van der Waals surface area (Å²) in [6.07, 6.45) is 1.24. The fraction of sp³-hybridized carbons (Fsp3) is 0.538. The number of unbranched alkanes of at least 4 members (excludes halogenated alkanes) is 1. The fourth-order valence-electron chi connectivity index (χ4n) is 1.56. The Morgan fingerprint density at radius 1 is 1.17 bits per heavy atom. The maximum Gasteiger partial charge on any atom is 0.240 e. The molecule has 102 valence electrons. The molecule has 1 aromatic carbocycles.